The first-order valence-electron chi connectivity index (χ1n) is 8.77. The molecule has 23 heavy (non-hydrogen) atoms. The molecule has 0 heterocycles. The van der Waals surface area contributed by atoms with Crippen LogP contribution in [0.1, 0.15) is 85.4 Å². The monoisotopic (exact) mass is 358 g/mol. The van der Waals surface area contributed by atoms with Gasteiger partial charge in [0.2, 0.25) is 0 Å². The van der Waals surface area contributed by atoms with Crippen molar-refractivity contribution in [3.63, 3.8) is 0 Å². The van der Waals surface area contributed by atoms with Crippen molar-refractivity contribution in [2.24, 2.45) is 0 Å². The molecule has 0 bridgehead atoms. The molecule has 0 aliphatic carbocycles. The molecular formula is C17H35NaO4S. The Hall–Kier alpha value is 0.610. The van der Waals surface area contributed by atoms with Crippen LogP contribution in [0.2, 0.25) is 0 Å². The first-order chi connectivity index (χ1) is 10.6. The molecule has 0 rings (SSSR count). The summed E-state index contributed by atoms with van der Waals surface area (Å²) in [4.78, 5) is 0. The quantitative estimate of drug-likeness (QED) is 0.227. The first kappa shape index (κ1) is 25.8. The summed E-state index contributed by atoms with van der Waals surface area (Å²) in [6, 6.07) is 0. The summed E-state index contributed by atoms with van der Waals surface area (Å²) < 4.78 is 31.6. The largest absolute Gasteiger partial charge is 1.00 e. The molecule has 0 aromatic carbocycles. The molecule has 0 saturated heterocycles. The average Bonchev–Trinajstić information content (AvgIpc) is 2.50. The van der Waals surface area contributed by atoms with Crippen molar-refractivity contribution >= 4 is 10.4 Å². The van der Waals surface area contributed by atoms with Crippen molar-refractivity contribution in [1.29, 1.82) is 0 Å². The molecule has 0 unspecified atom stereocenters. The molecule has 134 valence electrons. The summed E-state index contributed by atoms with van der Waals surface area (Å²) in [7, 11) is -3.83. The molecule has 0 aliphatic rings. The fourth-order valence-corrected chi connectivity index (χ4v) is 2.92. The fourth-order valence-electron chi connectivity index (χ4n) is 2.27. The number of hydrogen-bond donors (Lipinski definition) is 0. The maximum atomic E-state index is 11.2. The molecular weight excluding hydrogens is 323 g/mol. The van der Waals surface area contributed by atoms with Gasteiger partial charge in [-0.2, -0.15) is 8.42 Å². The van der Waals surface area contributed by atoms with Gasteiger partial charge in [0.15, 0.2) is 0 Å². The second-order valence-electron chi connectivity index (χ2n) is 5.69. The van der Waals surface area contributed by atoms with Crippen LogP contribution in [0.25, 0.3) is 0 Å². The Morgan fingerprint density at radius 2 is 1.26 bits per heavy atom. The summed E-state index contributed by atoms with van der Waals surface area (Å²) in [6.07, 6.45) is 16.3. The van der Waals surface area contributed by atoms with E-state index in [1.807, 2.05) is 0 Å². The molecule has 0 atom stereocenters. The van der Waals surface area contributed by atoms with E-state index in [0.29, 0.717) is 0 Å². The van der Waals surface area contributed by atoms with Crippen LogP contribution in [0.4, 0.5) is 0 Å². The van der Waals surface area contributed by atoms with Crippen LogP contribution in [0.3, 0.4) is 0 Å². The Balaban J connectivity index is -0.00000220. The van der Waals surface area contributed by atoms with Gasteiger partial charge in [0.05, 0.1) is 13.2 Å². The van der Waals surface area contributed by atoms with Crippen LogP contribution in [-0.2, 0) is 18.8 Å². The van der Waals surface area contributed by atoms with Gasteiger partial charge in [-0.1, -0.05) is 83.6 Å². The third-order valence-corrected chi connectivity index (χ3v) is 4.44. The van der Waals surface area contributed by atoms with Gasteiger partial charge in [0.25, 0.3) is 0 Å². The predicted octanol–water partition coefficient (Wildman–Crippen LogP) is 2.27. The van der Waals surface area contributed by atoms with E-state index in [1.165, 1.54) is 63.9 Å². The maximum Gasteiger partial charge on any atom is 1.00 e. The minimum Gasteiger partial charge on any atom is -1.00 e. The zero-order valence-corrected chi connectivity index (χ0v) is 18.0. The SMILES string of the molecule is C=CCOS(=O)(=O)OCCCCCCCCCCCCCC.[H-].[Na+]. The number of unbranched alkanes of at least 4 members (excludes halogenated alkanes) is 11. The Morgan fingerprint density at radius 3 is 1.70 bits per heavy atom. The number of hydrogen-bond acceptors (Lipinski definition) is 4. The zero-order valence-electron chi connectivity index (χ0n) is 16.2. The van der Waals surface area contributed by atoms with Gasteiger partial charge in [0, 0.05) is 0 Å². The van der Waals surface area contributed by atoms with E-state index in [0.717, 1.165) is 19.3 Å². The topological polar surface area (TPSA) is 52.6 Å². The second kappa shape index (κ2) is 18.9. The molecule has 0 saturated carbocycles. The van der Waals surface area contributed by atoms with Crippen LogP contribution in [-0.4, -0.2) is 21.6 Å². The van der Waals surface area contributed by atoms with Crippen LogP contribution in [0.5, 0.6) is 0 Å². The Kier molecular flexibility index (Phi) is 21.3. The van der Waals surface area contributed by atoms with E-state index < -0.39 is 10.4 Å². The van der Waals surface area contributed by atoms with Crippen molar-refractivity contribution in [3.8, 4) is 0 Å². The molecule has 4 nitrogen and oxygen atoms in total. The third-order valence-electron chi connectivity index (χ3n) is 3.56. The molecule has 0 spiro atoms. The Labute approximate surface area is 167 Å². The molecule has 0 aromatic heterocycles. The van der Waals surface area contributed by atoms with E-state index in [9.17, 15) is 8.42 Å². The van der Waals surface area contributed by atoms with Gasteiger partial charge in [-0.3, -0.25) is 0 Å². The van der Waals surface area contributed by atoms with Crippen molar-refractivity contribution in [1.82, 2.24) is 0 Å². The van der Waals surface area contributed by atoms with E-state index in [4.69, 9.17) is 4.18 Å². The molecule has 0 amide bonds. The van der Waals surface area contributed by atoms with Gasteiger partial charge in [0.1, 0.15) is 0 Å². The fraction of sp³-hybridized carbons (Fsp3) is 0.882. The second-order valence-corrected chi connectivity index (χ2v) is 6.98. The molecule has 6 heteroatoms. The van der Waals surface area contributed by atoms with Crippen molar-refractivity contribution in [2.45, 2.75) is 84.0 Å². The minimum atomic E-state index is -3.83. The average molecular weight is 359 g/mol. The summed E-state index contributed by atoms with van der Waals surface area (Å²) >= 11 is 0. The van der Waals surface area contributed by atoms with Gasteiger partial charge < -0.3 is 1.43 Å². The predicted molar refractivity (Wildman–Crippen MR) is 93.2 cm³/mol. The smallest absolute Gasteiger partial charge is 1.00 e. The van der Waals surface area contributed by atoms with Crippen molar-refractivity contribution < 1.29 is 47.8 Å². The first-order valence-corrected chi connectivity index (χ1v) is 10.1. The Bertz CT molecular complexity index is 350. The van der Waals surface area contributed by atoms with E-state index in [2.05, 4.69) is 17.7 Å². The van der Waals surface area contributed by atoms with Crippen LogP contribution < -0.4 is 29.6 Å². The van der Waals surface area contributed by atoms with Gasteiger partial charge in [-0.05, 0) is 6.42 Å². The van der Waals surface area contributed by atoms with Crippen molar-refractivity contribution in [2.75, 3.05) is 13.2 Å². The van der Waals surface area contributed by atoms with Crippen LogP contribution in [0.15, 0.2) is 12.7 Å². The van der Waals surface area contributed by atoms with Gasteiger partial charge >= 0.3 is 40.0 Å². The third kappa shape index (κ3) is 20.6. The zero-order chi connectivity index (χ0) is 16.5. The molecule has 0 aromatic rings. The normalized spacial score (nSPS) is 11.2. The summed E-state index contributed by atoms with van der Waals surface area (Å²) in [6.45, 7) is 5.80. The standard InChI is InChI=1S/C17H34O4S.Na.H/c1-3-5-6-7-8-9-10-11-12-13-14-15-17-21-22(18,19)20-16-4-2;;/h4H,2-3,5-17H2,1H3;;/q;+1;-1. The molecule has 0 radical (unpaired) electrons. The van der Waals surface area contributed by atoms with Crippen LogP contribution in [0, 0.1) is 0 Å². The maximum absolute atomic E-state index is 11.2. The Morgan fingerprint density at radius 1 is 0.826 bits per heavy atom. The van der Waals surface area contributed by atoms with Crippen molar-refractivity contribution in [3.05, 3.63) is 12.7 Å². The summed E-state index contributed by atoms with van der Waals surface area (Å²) in [5, 5.41) is 0. The molecule has 0 N–H and O–H groups in total. The van der Waals surface area contributed by atoms with Gasteiger partial charge in [-0.25, -0.2) is 8.37 Å². The molecule has 0 aliphatic heterocycles. The van der Waals surface area contributed by atoms with Gasteiger partial charge in [-0.15, -0.1) is 6.58 Å². The van der Waals surface area contributed by atoms with E-state index >= 15 is 0 Å². The van der Waals surface area contributed by atoms with E-state index in [1.54, 1.807) is 0 Å². The summed E-state index contributed by atoms with van der Waals surface area (Å²) in [5.41, 5.74) is 0. The molecule has 0 fully saturated rings. The number of rotatable bonds is 17. The van der Waals surface area contributed by atoms with E-state index in [-0.39, 0.29) is 44.2 Å². The summed E-state index contributed by atoms with van der Waals surface area (Å²) in [5.74, 6) is 0. The van der Waals surface area contributed by atoms with Crippen LogP contribution >= 0.6 is 0 Å². The minimum absolute atomic E-state index is 0.